The van der Waals surface area contributed by atoms with E-state index in [1.165, 1.54) is 14.2 Å². The molecule has 0 aromatic heterocycles. The van der Waals surface area contributed by atoms with E-state index in [9.17, 15) is 49.2 Å². The molecule has 6 unspecified atom stereocenters. The number of likely N-dealkylation sites (tertiary alicyclic amines) is 2. The summed E-state index contributed by atoms with van der Waals surface area (Å²) in [5, 5.41) is 49.0. The second-order valence-corrected chi connectivity index (χ2v) is 23.1. The molecular weight excluding hydrogens is 1270 g/mol. The zero-order valence-electron chi connectivity index (χ0n) is 56.2. The standard InChI is InChI=1S/C41H72N4O8.C24H39N5O8S.2CH4.Al.B.HN/c1-9-17-42(18-10-2)25-37(46)29-50-33-41(34-51-30-38(47)26-43(19-11-3)20-12-4,35-52-31-39(48)27-44(21-13-5)22-14-6)36-53-32-40(49)28-45(23-15-7)24-16-8;1-36-23(34)17-13-21(32)28(15-17)9-5-25-19(30)3-7-27(11-12-38)8-4-20(31)26-6-10-29-16-18(14-22(29)33)24(35)37-2;;;;;/h9-16,37-40,46-49H,1-8,17-36H2;17-18,38H,3-16H2,1-2H3,(H,25,30)(H,26,31);2*1H4;;;1H. The monoisotopic (exact) mass is 1390 g/mol. The van der Waals surface area contributed by atoms with Crippen LogP contribution in [-0.4, -0.2) is 349 Å². The normalized spacial score (nSPS) is 15.9. The molecule has 0 bridgehead atoms. The minimum absolute atomic E-state index is 0. The molecule has 4 amide bonds. The summed E-state index contributed by atoms with van der Waals surface area (Å²) in [4.78, 5) is 84.8. The number of rotatable bonds is 56. The van der Waals surface area contributed by atoms with E-state index in [-0.39, 0.29) is 139 Å². The number of esters is 2. The molecule has 4 radical (unpaired) electrons. The van der Waals surface area contributed by atoms with Crippen LogP contribution in [-0.2, 0) is 57.2 Å². The van der Waals surface area contributed by atoms with Crippen molar-refractivity contribution >= 4 is 72.7 Å². The average molecular weight is 1390 g/mol. The second-order valence-electron chi connectivity index (χ2n) is 22.7. The van der Waals surface area contributed by atoms with Crippen molar-refractivity contribution in [2.75, 3.05) is 210 Å². The molecule has 2 rings (SSSR count). The van der Waals surface area contributed by atoms with E-state index >= 15 is 0 Å². The fourth-order valence-electron chi connectivity index (χ4n) is 10.1. The first-order chi connectivity index (χ1) is 44.7. The minimum atomic E-state index is -0.938. The van der Waals surface area contributed by atoms with Gasteiger partial charge in [-0.1, -0.05) is 63.5 Å². The van der Waals surface area contributed by atoms with Crippen molar-refractivity contribution in [3.8, 4) is 0 Å². The van der Waals surface area contributed by atoms with E-state index in [2.05, 4.69) is 85.4 Å². The summed E-state index contributed by atoms with van der Waals surface area (Å²) < 4.78 is 39.6. The number of carbonyl (C=O) groups excluding carboxylic acids is 6. The van der Waals surface area contributed by atoms with E-state index in [1.54, 1.807) is 74.5 Å². The van der Waals surface area contributed by atoms with Crippen LogP contribution >= 0.6 is 12.6 Å². The number of aliphatic hydroxyl groups is 4. The number of nitrogens with zero attached hydrogens (tertiary/aromatic N) is 7. The Bertz CT molecular complexity index is 1960. The van der Waals surface area contributed by atoms with Gasteiger partial charge in [-0.15, -0.1) is 52.6 Å². The number of carbonyl (C=O) groups is 6. The van der Waals surface area contributed by atoms with Gasteiger partial charge >= 0.3 is 32.4 Å². The SMILES string of the molecule is C.C.C=CCN(CC=C)CC(O)COCC(COCC(O)CN(CC=C)CC=C)(COCC(O)CN(CC=C)CC=C)COCC(O)CN(CC=C)CC=C.COC(=O)C1CC(=O)N(CCNC(=O)CCN(CCS)CCC(=O)NCCN2CC(C(=O)OC)CC2=O)C1.[B].[NH]=[Al]. The molecule has 0 aromatic rings. The molecule has 2 aliphatic heterocycles. The van der Waals surface area contributed by atoms with Crippen molar-refractivity contribution in [3.63, 3.8) is 0 Å². The van der Waals surface area contributed by atoms with Crippen molar-refractivity contribution in [2.45, 2.75) is 65.0 Å². The van der Waals surface area contributed by atoms with E-state index in [0.717, 1.165) is 0 Å². The number of hydrogen-bond donors (Lipinski definition) is 8. The van der Waals surface area contributed by atoms with Gasteiger partial charge in [0.05, 0.1) is 109 Å². The summed E-state index contributed by atoms with van der Waals surface area (Å²) in [5.74, 6) is -1.77. The molecule has 29 heteroatoms. The maximum atomic E-state index is 12.3. The maximum absolute atomic E-state index is 12.3. The van der Waals surface area contributed by atoms with Gasteiger partial charge < -0.3 is 74.2 Å². The molecule has 7 N–H and O–H groups in total. The van der Waals surface area contributed by atoms with Gasteiger partial charge in [-0.3, -0.25) is 48.4 Å². The first-order valence-corrected chi connectivity index (χ1v) is 32.6. The first kappa shape index (κ1) is 97.4. The number of aliphatic hydroxyl groups excluding tert-OH is 4. The third kappa shape index (κ3) is 44.8. The Morgan fingerprint density at radius 3 is 1.02 bits per heavy atom. The van der Waals surface area contributed by atoms with Gasteiger partial charge in [0, 0.05) is 177 Å². The van der Waals surface area contributed by atoms with Crippen LogP contribution in [0.25, 0.3) is 0 Å². The summed E-state index contributed by atoms with van der Waals surface area (Å²) in [6, 6.07) is 0. The Hall–Kier alpha value is -5.03. The fraction of sp³-hybridized carbons (Fsp3) is 0.672. The number of amides is 4. The zero-order valence-corrected chi connectivity index (χ0v) is 58.3. The summed E-state index contributed by atoms with van der Waals surface area (Å²) in [6.45, 7) is 40.0. The van der Waals surface area contributed by atoms with Gasteiger partial charge in [0.15, 0.2) is 0 Å². The molecule has 2 heterocycles. The van der Waals surface area contributed by atoms with E-state index < -0.39 is 53.6 Å². The van der Waals surface area contributed by atoms with Crippen LogP contribution in [0.1, 0.15) is 40.5 Å². The van der Waals surface area contributed by atoms with Gasteiger partial charge in [-0.25, -0.2) is 0 Å². The average Bonchev–Trinajstić information content (AvgIpc) is 1.64. The summed E-state index contributed by atoms with van der Waals surface area (Å²) >= 11 is 5.92. The summed E-state index contributed by atoms with van der Waals surface area (Å²) in [5.41, 5.74) is -0.938. The van der Waals surface area contributed by atoms with Gasteiger partial charge in [0.25, 0.3) is 0 Å². The van der Waals surface area contributed by atoms with Crippen LogP contribution in [0.2, 0.25) is 0 Å². The van der Waals surface area contributed by atoms with E-state index in [1.807, 2.05) is 24.5 Å². The molecule has 2 saturated heterocycles. The van der Waals surface area contributed by atoms with Gasteiger partial charge in [-0.05, 0) is 0 Å². The molecule has 546 valence electrons. The molecule has 6 atom stereocenters. The molecular formula is C67H120AlBN10O16S. The van der Waals surface area contributed by atoms with Crippen molar-refractivity contribution in [1.29, 1.82) is 4.35 Å². The number of nitrogens with one attached hydrogen (secondary N) is 3. The summed E-state index contributed by atoms with van der Waals surface area (Å²) in [6.07, 6.45) is 11.6. The Morgan fingerprint density at radius 2 is 0.792 bits per heavy atom. The predicted molar refractivity (Wildman–Crippen MR) is 384 cm³/mol. The predicted octanol–water partition coefficient (Wildman–Crippen LogP) is 1.26. The zero-order chi connectivity index (χ0) is 69.8. The first-order valence-electron chi connectivity index (χ1n) is 31.4. The van der Waals surface area contributed by atoms with Crippen LogP contribution in [0.3, 0.4) is 0 Å². The Balaban J connectivity index is -0.000000870. The number of ether oxygens (including phenoxy) is 6. The topological polar surface area (TPSA) is 309 Å². The van der Waals surface area contributed by atoms with Gasteiger partial charge in [0.1, 0.15) is 0 Å². The quantitative estimate of drug-likeness (QED) is 0.0184. The van der Waals surface area contributed by atoms with Crippen molar-refractivity contribution in [3.05, 3.63) is 101 Å². The van der Waals surface area contributed by atoms with Crippen molar-refractivity contribution in [2.24, 2.45) is 17.3 Å². The van der Waals surface area contributed by atoms with Crippen molar-refractivity contribution in [1.82, 2.24) is 44.9 Å². The van der Waals surface area contributed by atoms with Gasteiger partial charge in [0.2, 0.25) is 23.6 Å². The number of methoxy groups -OCH3 is 2. The van der Waals surface area contributed by atoms with E-state index in [0.29, 0.717) is 130 Å². The number of thiol groups is 1. The Kier molecular flexibility index (Phi) is 61.9. The summed E-state index contributed by atoms with van der Waals surface area (Å²) in [7, 11) is 2.59. The molecule has 0 saturated carbocycles. The third-order valence-corrected chi connectivity index (χ3v) is 14.7. The molecule has 0 aliphatic carbocycles. The third-order valence-electron chi connectivity index (χ3n) is 14.5. The molecule has 96 heavy (non-hydrogen) atoms. The molecule has 0 aromatic carbocycles. The molecule has 26 nitrogen and oxygen atoms in total. The van der Waals surface area contributed by atoms with Crippen LogP contribution in [0.4, 0.5) is 0 Å². The van der Waals surface area contributed by atoms with Crippen LogP contribution in [0, 0.1) is 21.6 Å². The Morgan fingerprint density at radius 1 is 0.531 bits per heavy atom. The van der Waals surface area contributed by atoms with Crippen molar-refractivity contribution < 1.29 is 77.6 Å². The fourth-order valence-corrected chi connectivity index (χ4v) is 10.4. The Labute approximate surface area is 590 Å². The molecule has 2 aliphatic rings. The number of hydrogen-bond acceptors (Lipinski definition) is 23. The van der Waals surface area contributed by atoms with Crippen LogP contribution < -0.4 is 10.6 Å². The van der Waals surface area contributed by atoms with Crippen LogP contribution in [0.15, 0.2) is 101 Å². The van der Waals surface area contributed by atoms with Gasteiger partial charge in [-0.2, -0.15) is 12.6 Å². The van der Waals surface area contributed by atoms with Crippen LogP contribution in [0.5, 0.6) is 0 Å². The second kappa shape index (κ2) is 61.1. The molecule has 2 fully saturated rings. The van der Waals surface area contributed by atoms with E-state index in [4.69, 9.17) is 23.3 Å². The molecule has 0 spiro atoms.